The van der Waals surface area contributed by atoms with Crippen LogP contribution in [0.4, 0.5) is 4.39 Å². The van der Waals surface area contributed by atoms with Crippen LogP contribution in [0.2, 0.25) is 0 Å². The summed E-state index contributed by atoms with van der Waals surface area (Å²) in [5.41, 5.74) is 10.7. The lowest BCUT2D eigenvalue weighted by atomic mass is 9.92. The zero-order valence-corrected chi connectivity index (χ0v) is 11.6. The molecular formula is C19H16FN. The minimum Gasteiger partial charge on any atom is -0.320 e. The maximum Gasteiger partial charge on any atom is 0.128 e. The molecule has 104 valence electrons. The highest BCUT2D eigenvalue weighted by Crippen LogP contribution is 2.36. The van der Waals surface area contributed by atoms with Crippen LogP contribution in [-0.4, -0.2) is 0 Å². The fourth-order valence-electron chi connectivity index (χ4n) is 3.44. The highest BCUT2D eigenvalue weighted by atomic mass is 19.1. The van der Waals surface area contributed by atoms with Crippen molar-refractivity contribution in [2.75, 3.05) is 0 Å². The van der Waals surface area contributed by atoms with E-state index in [0.717, 1.165) is 18.4 Å². The lowest BCUT2D eigenvalue weighted by Crippen LogP contribution is -2.14. The second-order valence-corrected chi connectivity index (χ2v) is 5.65. The monoisotopic (exact) mass is 277 g/mol. The van der Waals surface area contributed by atoms with Gasteiger partial charge in [0.2, 0.25) is 0 Å². The molecule has 0 radical (unpaired) electrons. The van der Waals surface area contributed by atoms with Gasteiger partial charge in [-0.15, -0.1) is 0 Å². The number of aryl methyl sites for hydroxylation is 2. The van der Waals surface area contributed by atoms with Crippen LogP contribution in [0.25, 0.3) is 10.8 Å². The molecule has 0 amide bonds. The van der Waals surface area contributed by atoms with Crippen LogP contribution < -0.4 is 5.73 Å². The number of halogens is 1. The largest absolute Gasteiger partial charge is 0.320 e. The van der Waals surface area contributed by atoms with Crippen molar-refractivity contribution in [1.29, 1.82) is 0 Å². The molecule has 0 aliphatic heterocycles. The van der Waals surface area contributed by atoms with Gasteiger partial charge in [0.1, 0.15) is 5.82 Å². The van der Waals surface area contributed by atoms with E-state index in [9.17, 15) is 4.39 Å². The Hall–Kier alpha value is -2.19. The standard InChI is InChI=1S/C19H16FN/c20-17-7-2-1-5-16(17)19(21)15-11-10-13-9-8-12-4-3-6-14(15)18(12)13/h1-7,10-11,19H,8-9,21H2. The van der Waals surface area contributed by atoms with Crippen LogP contribution in [0.1, 0.15) is 28.3 Å². The van der Waals surface area contributed by atoms with Gasteiger partial charge < -0.3 is 5.73 Å². The van der Waals surface area contributed by atoms with E-state index in [0.29, 0.717) is 5.56 Å². The van der Waals surface area contributed by atoms with Gasteiger partial charge in [0.15, 0.2) is 0 Å². The highest BCUT2D eigenvalue weighted by molar-refractivity contribution is 5.93. The first kappa shape index (κ1) is 12.5. The smallest absolute Gasteiger partial charge is 0.128 e. The van der Waals surface area contributed by atoms with Crippen molar-refractivity contribution < 1.29 is 4.39 Å². The summed E-state index contributed by atoms with van der Waals surface area (Å²) in [4.78, 5) is 0. The van der Waals surface area contributed by atoms with Crippen LogP contribution in [0, 0.1) is 5.82 Å². The molecule has 4 rings (SSSR count). The second-order valence-electron chi connectivity index (χ2n) is 5.65. The molecule has 1 atom stereocenters. The zero-order valence-electron chi connectivity index (χ0n) is 11.6. The third-order valence-electron chi connectivity index (χ3n) is 4.49. The van der Waals surface area contributed by atoms with Gasteiger partial charge in [-0.05, 0) is 46.4 Å². The predicted octanol–water partition coefficient (Wildman–Crippen LogP) is 4.13. The summed E-state index contributed by atoms with van der Waals surface area (Å²) in [6, 6.07) is 16.9. The minimum atomic E-state index is -0.434. The van der Waals surface area contributed by atoms with Gasteiger partial charge in [0.05, 0.1) is 6.04 Å². The Morgan fingerprint density at radius 1 is 0.810 bits per heavy atom. The third-order valence-corrected chi connectivity index (χ3v) is 4.49. The van der Waals surface area contributed by atoms with Crippen LogP contribution in [0.3, 0.4) is 0 Å². The van der Waals surface area contributed by atoms with Crippen molar-refractivity contribution in [2.45, 2.75) is 18.9 Å². The third kappa shape index (κ3) is 1.87. The maximum atomic E-state index is 14.0. The van der Waals surface area contributed by atoms with Gasteiger partial charge in [0, 0.05) is 5.56 Å². The van der Waals surface area contributed by atoms with Crippen molar-refractivity contribution in [3.63, 3.8) is 0 Å². The van der Waals surface area contributed by atoms with E-state index in [1.54, 1.807) is 12.1 Å². The summed E-state index contributed by atoms with van der Waals surface area (Å²) in [6.07, 6.45) is 2.18. The van der Waals surface area contributed by atoms with E-state index in [-0.39, 0.29) is 5.82 Å². The summed E-state index contributed by atoms with van der Waals surface area (Å²) in [6.45, 7) is 0. The highest BCUT2D eigenvalue weighted by Gasteiger charge is 2.20. The molecule has 0 aromatic heterocycles. The Labute approximate surface area is 123 Å². The number of rotatable bonds is 2. The molecule has 3 aromatic rings. The molecule has 1 nitrogen and oxygen atoms in total. The molecule has 0 bridgehead atoms. The van der Waals surface area contributed by atoms with Gasteiger partial charge in [-0.3, -0.25) is 0 Å². The van der Waals surface area contributed by atoms with E-state index >= 15 is 0 Å². The molecular weight excluding hydrogens is 261 g/mol. The van der Waals surface area contributed by atoms with Crippen LogP contribution >= 0.6 is 0 Å². The van der Waals surface area contributed by atoms with Gasteiger partial charge in [0.25, 0.3) is 0 Å². The maximum absolute atomic E-state index is 14.0. The number of hydrogen-bond acceptors (Lipinski definition) is 1. The van der Waals surface area contributed by atoms with Crippen molar-refractivity contribution in [2.24, 2.45) is 5.73 Å². The Bertz CT molecular complexity index is 828. The predicted molar refractivity (Wildman–Crippen MR) is 83.8 cm³/mol. The molecule has 2 heteroatoms. The molecule has 1 aliphatic carbocycles. The molecule has 0 heterocycles. The Balaban J connectivity index is 1.94. The van der Waals surface area contributed by atoms with Gasteiger partial charge in [-0.1, -0.05) is 48.5 Å². The normalized spacial score (nSPS) is 14.6. The quantitative estimate of drug-likeness (QED) is 0.749. The first-order chi connectivity index (χ1) is 10.3. The van der Waals surface area contributed by atoms with Crippen molar-refractivity contribution in [1.82, 2.24) is 0 Å². The van der Waals surface area contributed by atoms with Gasteiger partial charge >= 0.3 is 0 Å². The van der Waals surface area contributed by atoms with Crippen LogP contribution in [-0.2, 0) is 12.8 Å². The SMILES string of the molecule is NC(c1ccccc1F)c1ccc2c3c(cccc13)CC2. The summed E-state index contributed by atoms with van der Waals surface area (Å²) in [5.74, 6) is -0.242. The average Bonchev–Trinajstić information content (AvgIpc) is 2.93. The minimum absolute atomic E-state index is 0.242. The van der Waals surface area contributed by atoms with Crippen molar-refractivity contribution in [3.05, 3.63) is 82.7 Å². The molecule has 3 aromatic carbocycles. The lowest BCUT2D eigenvalue weighted by Gasteiger charge is -2.17. The topological polar surface area (TPSA) is 26.0 Å². The summed E-state index contributed by atoms with van der Waals surface area (Å²) < 4.78 is 14.0. The molecule has 2 N–H and O–H groups in total. The van der Waals surface area contributed by atoms with Crippen molar-refractivity contribution in [3.8, 4) is 0 Å². The molecule has 1 unspecified atom stereocenters. The van der Waals surface area contributed by atoms with E-state index in [1.165, 1.54) is 28.0 Å². The summed E-state index contributed by atoms with van der Waals surface area (Å²) in [5, 5.41) is 2.49. The van der Waals surface area contributed by atoms with E-state index in [1.807, 2.05) is 6.07 Å². The fraction of sp³-hybridized carbons (Fsp3) is 0.158. The molecule has 1 aliphatic rings. The number of benzene rings is 3. The average molecular weight is 277 g/mol. The molecule has 21 heavy (non-hydrogen) atoms. The Morgan fingerprint density at radius 3 is 2.38 bits per heavy atom. The Kier molecular flexibility index (Phi) is 2.79. The first-order valence-corrected chi connectivity index (χ1v) is 7.29. The van der Waals surface area contributed by atoms with Gasteiger partial charge in [-0.25, -0.2) is 4.39 Å². The fourth-order valence-corrected chi connectivity index (χ4v) is 3.44. The number of nitrogens with two attached hydrogens (primary N) is 1. The van der Waals surface area contributed by atoms with E-state index in [4.69, 9.17) is 5.73 Å². The zero-order chi connectivity index (χ0) is 14.4. The van der Waals surface area contributed by atoms with E-state index < -0.39 is 6.04 Å². The number of hydrogen-bond donors (Lipinski definition) is 1. The van der Waals surface area contributed by atoms with Crippen molar-refractivity contribution >= 4 is 10.8 Å². The Morgan fingerprint density at radius 2 is 1.57 bits per heavy atom. The summed E-state index contributed by atoms with van der Waals surface area (Å²) >= 11 is 0. The van der Waals surface area contributed by atoms with Gasteiger partial charge in [-0.2, -0.15) is 0 Å². The lowest BCUT2D eigenvalue weighted by molar-refractivity contribution is 0.600. The van der Waals surface area contributed by atoms with Crippen LogP contribution in [0.5, 0.6) is 0 Å². The van der Waals surface area contributed by atoms with E-state index in [2.05, 4.69) is 30.3 Å². The molecule has 0 spiro atoms. The van der Waals surface area contributed by atoms with Crippen LogP contribution in [0.15, 0.2) is 54.6 Å². The summed E-state index contributed by atoms with van der Waals surface area (Å²) in [7, 11) is 0. The second kappa shape index (κ2) is 4.68. The molecule has 0 fully saturated rings. The molecule has 0 saturated heterocycles. The molecule has 0 saturated carbocycles. The first-order valence-electron chi connectivity index (χ1n) is 7.29.